The molecule has 0 fully saturated rings. The molecule has 20 aromatic rings. The van der Waals surface area contributed by atoms with Crippen molar-refractivity contribution >= 4 is 87.2 Å². The van der Waals surface area contributed by atoms with Crippen LogP contribution in [0.2, 0.25) is 0 Å². The largest absolute Gasteiger partial charge is 0.309 e. The predicted octanol–water partition coefficient (Wildman–Crippen LogP) is 27.0. The minimum Gasteiger partial charge on any atom is -0.309 e. The number of aryl methyl sites for hydroxylation is 4. The summed E-state index contributed by atoms with van der Waals surface area (Å²) in [6, 6.07) is 139. The van der Waals surface area contributed by atoms with Crippen molar-refractivity contribution in [2.45, 2.75) is 27.7 Å². The minimum atomic E-state index is 1.19. The molecular weight excluding hydrogens is 1260 g/mol. The van der Waals surface area contributed by atoms with Crippen LogP contribution in [0.3, 0.4) is 0 Å². The van der Waals surface area contributed by atoms with E-state index in [1.807, 2.05) is 0 Å². The number of benzene rings is 16. The van der Waals surface area contributed by atoms with Crippen LogP contribution in [0.25, 0.3) is 154 Å². The lowest BCUT2D eigenvalue weighted by Crippen LogP contribution is -1.95. The van der Waals surface area contributed by atoms with Gasteiger partial charge in [0.05, 0.1) is 44.1 Å². The van der Waals surface area contributed by atoms with Crippen LogP contribution in [0.15, 0.2) is 388 Å². The third-order valence-electron chi connectivity index (χ3n) is 20.4. The van der Waals surface area contributed by atoms with Gasteiger partial charge in [0.15, 0.2) is 0 Å². The first-order chi connectivity index (χ1) is 51.3. The van der Waals surface area contributed by atoms with Crippen LogP contribution in [0.5, 0.6) is 0 Å². The van der Waals surface area contributed by atoms with E-state index in [1.54, 1.807) is 0 Å². The minimum absolute atomic E-state index is 1.19. The van der Waals surface area contributed by atoms with Gasteiger partial charge in [0.1, 0.15) is 0 Å². The third-order valence-corrected chi connectivity index (χ3v) is 20.4. The van der Waals surface area contributed by atoms with Gasteiger partial charge >= 0.3 is 0 Å². The van der Waals surface area contributed by atoms with Gasteiger partial charge in [-0.05, 0) is 180 Å². The van der Waals surface area contributed by atoms with E-state index in [2.05, 4.69) is 434 Å². The maximum atomic E-state index is 2.37. The monoisotopic (exact) mass is 1330 g/mol. The van der Waals surface area contributed by atoms with Gasteiger partial charge in [-0.2, -0.15) is 0 Å². The van der Waals surface area contributed by atoms with Crippen molar-refractivity contribution < 1.29 is 0 Å². The molecule has 4 heteroatoms. The second-order valence-corrected chi connectivity index (χ2v) is 27.0. The highest BCUT2D eigenvalue weighted by Crippen LogP contribution is 2.39. The van der Waals surface area contributed by atoms with Crippen molar-refractivity contribution in [3.05, 3.63) is 411 Å². The summed E-state index contributed by atoms with van der Waals surface area (Å²) in [5.41, 5.74) is 30.0. The van der Waals surface area contributed by atoms with E-state index in [-0.39, 0.29) is 0 Å². The van der Waals surface area contributed by atoms with Crippen LogP contribution in [0.1, 0.15) is 22.3 Å². The van der Waals surface area contributed by atoms with Gasteiger partial charge in [-0.25, -0.2) is 0 Å². The van der Waals surface area contributed by atoms with E-state index < -0.39 is 0 Å². The number of hydrogen-bond donors (Lipinski definition) is 0. The second-order valence-electron chi connectivity index (χ2n) is 27.0. The summed E-state index contributed by atoms with van der Waals surface area (Å²) in [5.74, 6) is 0. The molecule has 0 bridgehead atoms. The van der Waals surface area contributed by atoms with E-state index >= 15 is 0 Å². The van der Waals surface area contributed by atoms with Crippen LogP contribution in [0.4, 0.5) is 0 Å². The molecule has 0 saturated heterocycles. The van der Waals surface area contributed by atoms with E-state index in [0.29, 0.717) is 0 Å². The first kappa shape index (κ1) is 64.1. The summed E-state index contributed by atoms with van der Waals surface area (Å²) < 4.78 is 9.42. The molecule has 0 amide bonds. The zero-order chi connectivity index (χ0) is 70.0. The van der Waals surface area contributed by atoms with Crippen LogP contribution in [0, 0.1) is 27.7 Å². The summed E-state index contributed by atoms with van der Waals surface area (Å²) in [4.78, 5) is 0. The number of nitrogens with zero attached hydrogens (tertiary/aromatic N) is 4. The Balaban J connectivity index is 0.000000103. The maximum Gasteiger partial charge on any atom is 0.0541 e. The lowest BCUT2D eigenvalue weighted by molar-refractivity contribution is 1.17. The summed E-state index contributed by atoms with van der Waals surface area (Å²) in [6.45, 7) is 8.61. The van der Waals surface area contributed by atoms with Gasteiger partial charge in [0.25, 0.3) is 0 Å². The molecule has 0 aliphatic heterocycles. The molecule has 0 spiro atoms. The number of para-hydroxylation sites is 8. The molecule has 0 aliphatic carbocycles. The number of aromatic nitrogens is 4. The van der Waals surface area contributed by atoms with Gasteiger partial charge in [-0.15, -0.1) is 0 Å². The molecule has 4 aromatic heterocycles. The highest BCUT2D eigenvalue weighted by atomic mass is 15.0. The Bertz CT molecular complexity index is 6270. The average Bonchev–Trinajstić information content (AvgIpc) is 1.62. The van der Waals surface area contributed by atoms with Gasteiger partial charge in [0.2, 0.25) is 0 Å². The predicted molar refractivity (Wildman–Crippen MR) is 444 cm³/mol. The Morgan fingerprint density at radius 1 is 0.154 bits per heavy atom. The van der Waals surface area contributed by atoms with E-state index in [9.17, 15) is 0 Å². The van der Waals surface area contributed by atoms with Gasteiger partial charge in [0, 0.05) is 65.8 Å². The van der Waals surface area contributed by atoms with Crippen LogP contribution in [-0.4, -0.2) is 18.3 Å². The number of rotatable bonds is 8. The lowest BCUT2D eigenvalue weighted by atomic mass is 10.00. The van der Waals surface area contributed by atoms with Crippen LogP contribution < -0.4 is 0 Å². The molecule has 0 N–H and O–H groups in total. The van der Waals surface area contributed by atoms with E-state index in [1.165, 1.54) is 177 Å². The van der Waals surface area contributed by atoms with Crippen molar-refractivity contribution in [1.29, 1.82) is 0 Å². The number of hydrogen-bond acceptors (Lipinski definition) is 0. The Morgan fingerprint density at radius 3 is 0.779 bits per heavy atom. The normalized spacial score (nSPS) is 11.3. The maximum absolute atomic E-state index is 2.37. The van der Waals surface area contributed by atoms with E-state index in [4.69, 9.17) is 0 Å². The van der Waals surface area contributed by atoms with Crippen molar-refractivity contribution in [3.8, 4) is 67.3 Å². The summed E-state index contributed by atoms with van der Waals surface area (Å²) in [6.07, 6.45) is 0. The zero-order valence-corrected chi connectivity index (χ0v) is 58.7. The molecule has 16 aromatic carbocycles. The van der Waals surface area contributed by atoms with Gasteiger partial charge in [-0.1, -0.05) is 302 Å². The van der Waals surface area contributed by atoms with Crippen molar-refractivity contribution in [2.24, 2.45) is 0 Å². The highest BCUT2D eigenvalue weighted by Gasteiger charge is 2.17. The molecule has 0 saturated carbocycles. The molecule has 0 unspecified atom stereocenters. The lowest BCUT2D eigenvalue weighted by Gasteiger charge is -2.12. The van der Waals surface area contributed by atoms with Crippen molar-refractivity contribution in [1.82, 2.24) is 18.3 Å². The second kappa shape index (κ2) is 28.0. The summed E-state index contributed by atoms with van der Waals surface area (Å²) >= 11 is 0. The topological polar surface area (TPSA) is 19.7 Å². The standard InChI is InChI=1S/4C25H19N/c1-18-7-6-8-20(17-18)19-13-15-21(16-14-19)26-24-11-4-2-9-22(24)23-10-3-5-12-25(23)26;1-18-10-12-19(13-11-18)20-14-16-21(17-15-20)26-24-8-4-2-6-22(24)23-7-3-5-9-25(23)26;1-18-8-2-3-9-21(18)19-14-16-20(17-15-19)26-24-12-6-4-10-22(24)23-11-5-7-13-25(23)26;1-18-17-20(15-16-21(18)19-9-3-2-4-10-19)26-24-13-7-5-11-22(24)23-12-6-8-14-25(23)26/h4*2-17H,1H3. The Hall–Kier alpha value is -13.3. The van der Waals surface area contributed by atoms with Crippen molar-refractivity contribution in [3.63, 3.8) is 0 Å². The fourth-order valence-corrected chi connectivity index (χ4v) is 15.4. The molecule has 4 heterocycles. The summed E-state index contributed by atoms with van der Waals surface area (Å²) in [7, 11) is 0. The first-order valence-corrected chi connectivity index (χ1v) is 35.9. The Labute approximate surface area is 607 Å². The molecule has 0 aliphatic rings. The van der Waals surface area contributed by atoms with Crippen LogP contribution in [-0.2, 0) is 0 Å². The Morgan fingerprint density at radius 2 is 0.423 bits per heavy atom. The smallest absolute Gasteiger partial charge is 0.0541 e. The molecule has 20 rings (SSSR count). The third kappa shape index (κ3) is 12.2. The van der Waals surface area contributed by atoms with Gasteiger partial charge < -0.3 is 18.3 Å². The average molecular weight is 1330 g/mol. The highest BCUT2D eigenvalue weighted by molar-refractivity contribution is 6.12. The Kier molecular flexibility index (Phi) is 17.3. The molecule has 4 nitrogen and oxygen atoms in total. The molecule has 0 radical (unpaired) electrons. The van der Waals surface area contributed by atoms with Gasteiger partial charge in [-0.3, -0.25) is 0 Å². The molecule has 104 heavy (non-hydrogen) atoms. The molecule has 496 valence electrons. The van der Waals surface area contributed by atoms with E-state index in [0.717, 1.165) is 0 Å². The SMILES string of the molecule is Cc1cc(-n2c3ccccc3c3ccccc32)ccc1-c1ccccc1.Cc1ccc(-c2ccc(-n3c4ccccc4c4ccccc43)cc2)cc1.Cc1cccc(-c2ccc(-n3c4ccccc4c4ccccc43)cc2)c1.Cc1ccccc1-c1ccc(-n2c3ccccc3c3ccccc32)cc1. The molecular formula is C100H76N4. The van der Waals surface area contributed by atoms with Crippen molar-refractivity contribution in [2.75, 3.05) is 0 Å². The van der Waals surface area contributed by atoms with Crippen LogP contribution >= 0.6 is 0 Å². The fraction of sp³-hybridized carbons (Fsp3) is 0.0400. The fourth-order valence-electron chi connectivity index (χ4n) is 15.4. The zero-order valence-electron chi connectivity index (χ0n) is 58.7. The molecule has 0 atom stereocenters. The number of fused-ring (bicyclic) bond motifs is 12. The first-order valence-electron chi connectivity index (χ1n) is 35.9. The summed E-state index contributed by atoms with van der Waals surface area (Å²) in [5, 5.41) is 10.4. The quantitative estimate of drug-likeness (QED) is 0.144.